The van der Waals surface area contributed by atoms with Gasteiger partial charge in [-0.05, 0) is 26.3 Å². The van der Waals surface area contributed by atoms with E-state index in [4.69, 9.17) is 4.52 Å². The summed E-state index contributed by atoms with van der Waals surface area (Å²) in [7, 11) is 0. The number of hydrogen-bond donors (Lipinski definition) is 0. The van der Waals surface area contributed by atoms with E-state index in [1.54, 1.807) is 0 Å². The van der Waals surface area contributed by atoms with Crippen LogP contribution in [0.25, 0.3) is 0 Å². The maximum Gasteiger partial charge on any atom is 0.240 e. The van der Waals surface area contributed by atoms with Gasteiger partial charge in [0.25, 0.3) is 0 Å². The van der Waals surface area contributed by atoms with E-state index in [1.165, 1.54) is 19.3 Å². The SMILES string of the molecule is CC(C)c1noc(CN2CCCC[C@@H]2C)n1. The molecule has 0 saturated carbocycles. The highest BCUT2D eigenvalue weighted by Crippen LogP contribution is 2.19. The van der Waals surface area contributed by atoms with E-state index in [2.05, 4.69) is 35.8 Å². The Hall–Kier alpha value is -0.900. The van der Waals surface area contributed by atoms with Gasteiger partial charge in [0.15, 0.2) is 5.82 Å². The molecule has 2 rings (SSSR count). The Balaban J connectivity index is 1.97. The van der Waals surface area contributed by atoms with Crippen LogP contribution in [0.4, 0.5) is 0 Å². The van der Waals surface area contributed by atoms with E-state index in [-0.39, 0.29) is 0 Å². The van der Waals surface area contributed by atoms with Crippen molar-refractivity contribution in [3.8, 4) is 0 Å². The molecule has 1 saturated heterocycles. The van der Waals surface area contributed by atoms with Crippen LogP contribution in [0.5, 0.6) is 0 Å². The highest BCUT2D eigenvalue weighted by molar-refractivity contribution is 4.92. The first-order valence-corrected chi connectivity index (χ1v) is 6.23. The lowest BCUT2D eigenvalue weighted by Crippen LogP contribution is -2.36. The van der Waals surface area contributed by atoms with Crippen molar-refractivity contribution >= 4 is 0 Å². The summed E-state index contributed by atoms with van der Waals surface area (Å²) in [5, 5.41) is 3.99. The van der Waals surface area contributed by atoms with E-state index in [0.29, 0.717) is 12.0 Å². The Morgan fingerprint density at radius 2 is 2.25 bits per heavy atom. The van der Waals surface area contributed by atoms with Gasteiger partial charge in [-0.25, -0.2) is 0 Å². The summed E-state index contributed by atoms with van der Waals surface area (Å²) in [6, 6.07) is 0.642. The first-order chi connectivity index (χ1) is 7.66. The standard InChI is InChI=1S/C12H21N3O/c1-9(2)12-13-11(16-14-12)8-15-7-5-4-6-10(15)3/h9-10H,4-8H2,1-3H3/t10-/m0/s1. The number of nitrogens with zero attached hydrogens (tertiary/aromatic N) is 3. The molecule has 0 amide bonds. The molecule has 1 aromatic rings. The van der Waals surface area contributed by atoms with Crippen LogP contribution in [-0.4, -0.2) is 27.6 Å². The topological polar surface area (TPSA) is 42.2 Å². The summed E-state index contributed by atoms with van der Waals surface area (Å²) in [5.74, 6) is 1.92. The summed E-state index contributed by atoms with van der Waals surface area (Å²) in [6.45, 7) is 8.40. The van der Waals surface area contributed by atoms with Crippen LogP contribution in [0.1, 0.15) is 57.7 Å². The maximum absolute atomic E-state index is 5.27. The number of piperidine rings is 1. The minimum atomic E-state index is 0.344. The third-order valence-corrected chi connectivity index (χ3v) is 3.28. The van der Waals surface area contributed by atoms with Gasteiger partial charge in [-0.2, -0.15) is 4.98 Å². The molecule has 2 heterocycles. The molecule has 1 atom stereocenters. The van der Waals surface area contributed by atoms with E-state index in [9.17, 15) is 0 Å². The second kappa shape index (κ2) is 4.95. The summed E-state index contributed by atoms with van der Waals surface area (Å²) < 4.78 is 5.27. The molecule has 0 aromatic carbocycles. The van der Waals surface area contributed by atoms with Gasteiger partial charge in [0.2, 0.25) is 5.89 Å². The second-order valence-corrected chi connectivity index (χ2v) is 5.02. The molecule has 0 unspecified atom stereocenters. The van der Waals surface area contributed by atoms with Crippen molar-refractivity contribution in [2.24, 2.45) is 0 Å². The van der Waals surface area contributed by atoms with Crippen LogP contribution in [0.15, 0.2) is 4.52 Å². The molecular weight excluding hydrogens is 202 g/mol. The minimum absolute atomic E-state index is 0.344. The number of hydrogen-bond acceptors (Lipinski definition) is 4. The van der Waals surface area contributed by atoms with Crippen molar-refractivity contribution in [2.75, 3.05) is 6.54 Å². The van der Waals surface area contributed by atoms with Crippen molar-refractivity contribution in [1.29, 1.82) is 0 Å². The van der Waals surface area contributed by atoms with Crippen LogP contribution in [0.2, 0.25) is 0 Å². The average molecular weight is 223 g/mol. The monoisotopic (exact) mass is 223 g/mol. The first kappa shape index (κ1) is 11.6. The number of rotatable bonds is 3. The normalized spacial score (nSPS) is 22.9. The summed E-state index contributed by atoms with van der Waals surface area (Å²) >= 11 is 0. The molecule has 90 valence electrons. The fourth-order valence-electron chi connectivity index (χ4n) is 2.13. The van der Waals surface area contributed by atoms with Crippen LogP contribution in [0.3, 0.4) is 0 Å². The van der Waals surface area contributed by atoms with E-state index >= 15 is 0 Å². The smallest absolute Gasteiger partial charge is 0.240 e. The molecule has 0 radical (unpaired) electrons. The lowest BCUT2D eigenvalue weighted by molar-refractivity contribution is 0.135. The molecule has 1 aliphatic heterocycles. The summed E-state index contributed by atoms with van der Waals surface area (Å²) in [4.78, 5) is 6.85. The number of likely N-dealkylation sites (tertiary alicyclic amines) is 1. The molecule has 0 bridgehead atoms. The number of aromatic nitrogens is 2. The Morgan fingerprint density at radius 1 is 1.44 bits per heavy atom. The fourth-order valence-corrected chi connectivity index (χ4v) is 2.13. The predicted molar refractivity (Wildman–Crippen MR) is 62.1 cm³/mol. The Labute approximate surface area is 97.0 Å². The largest absolute Gasteiger partial charge is 0.338 e. The Morgan fingerprint density at radius 3 is 2.88 bits per heavy atom. The van der Waals surface area contributed by atoms with Gasteiger partial charge in [0.05, 0.1) is 6.54 Å². The molecule has 4 nitrogen and oxygen atoms in total. The van der Waals surface area contributed by atoms with Gasteiger partial charge in [0, 0.05) is 12.0 Å². The molecular formula is C12H21N3O. The Bertz CT molecular complexity index is 335. The molecule has 1 aliphatic rings. The van der Waals surface area contributed by atoms with Crippen LogP contribution >= 0.6 is 0 Å². The van der Waals surface area contributed by atoms with Gasteiger partial charge >= 0.3 is 0 Å². The minimum Gasteiger partial charge on any atom is -0.338 e. The molecule has 1 fully saturated rings. The van der Waals surface area contributed by atoms with Gasteiger partial charge in [-0.1, -0.05) is 25.4 Å². The van der Waals surface area contributed by atoms with E-state index in [1.807, 2.05) is 0 Å². The van der Waals surface area contributed by atoms with Crippen molar-refractivity contribution in [3.63, 3.8) is 0 Å². The molecule has 1 aromatic heterocycles. The third-order valence-electron chi connectivity index (χ3n) is 3.28. The summed E-state index contributed by atoms with van der Waals surface area (Å²) in [5.41, 5.74) is 0. The summed E-state index contributed by atoms with van der Waals surface area (Å²) in [6.07, 6.45) is 3.92. The van der Waals surface area contributed by atoms with Gasteiger partial charge in [-0.15, -0.1) is 0 Å². The van der Waals surface area contributed by atoms with Crippen LogP contribution in [-0.2, 0) is 6.54 Å². The second-order valence-electron chi connectivity index (χ2n) is 5.02. The van der Waals surface area contributed by atoms with Gasteiger partial charge in [0.1, 0.15) is 0 Å². The quantitative estimate of drug-likeness (QED) is 0.789. The first-order valence-electron chi connectivity index (χ1n) is 6.23. The predicted octanol–water partition coefficient (Wildman–Crippen LogP) is 2.57. The molecule has 0 N–H and O–H groups in total. The van der Waals surface area contributed by atoms with E-state index in [0.717, 1.165) is 24.8 Å². The average Bonchev–Trinajstić information content (AvgIpc) is 2.70. The molecule has 16 heavy (non-hydrogen) atoms. The lowest BCUT2D eigenvalue weighted by atomic mass is 10.0. The molecule has 0 aliphatic carbocycles. The molecule has 4 heteroatoms. The highest BCUT2D eigenvalue weighted by atomic mass is 16.5. The van der Waals surface area contributed by atoms with Crippen molar-refractivity contribution in [2.45, 2.75) is 58.5 Å². The van der Waals surface area contributed by atoms with Crippen LogP contribution in [0, 0.1) is 0 Å². The Kier molecular flexibility index (Phi) is 3.59. The van der Waals surface area contributed by atoms with Gasteiger partial charge in [-0.3, -0.25) is 4.90 Å². The highest BCUT2D eigenvalue weighted by Gasteiger charge is 2.20. The van der Waals surface area contributed by atoms with E-state index < -0.39 is 0 Å². The zero-order valence-corrected chi connectivity index (χ0v) is 10.4. The lowest BCUT2D eigenvalue weighted by Gasteiger charge is -2.31. The van der Waals surface area contributed by atoms with Gasteiger partial charge < -0.3 is 4.52 Å². The van der Waals surface area contributed by atoms with Crippen molar-refractivity contribution in [3.05, 3.63) is 11.7 Å². The van der Waals surface area contributed by atoms with Crippen molar-refractivity contribution in [1.82, 2.24) is 15.0 Å². The molecule has 0 spiro atoms. The fraction of sp³-hybridized carbons (Fsp3) is 0.833. The third kappa shape index (κ3) is 2.61. The zero-order valence-electron chi connectivity index (χ0n) is 10.4. The maximum atomic E-state index is 5.27. The van der Waals surface area contributed by atoms with Crippen molar-refractivity contribution < 1.29 is 4.52 Å². The van der Waals surface area contributed by atoms with Crippen LogP contribution < -0.4 is 0 Å². The zero-order chi connectivity index (χ0) is 11.5.